The second-order valence-corrected chi connectivity index (χ2v) is 5.77. The summed E-state index contributed by atoms with van der Waals surface area (Å²) in [5, 5.41) is 8.97. The van der Waals surface area contributed by atoms with Gasteiger partial charge in [0.15, 0.2) is 0 Å². The van der Waals surface area contributed by atoms with Gasteiger partial charge in [0.2, 0.25) is 0 Å². The molecular formula is C13H25NO2. The van der Waals surface area contributed by atoms with Gasteiger partial charge >= 0.3 is 5.97 Å². The van der Waals surface area contributed by atoms with Crippen LogP contribution < -0.4 is 5.73 Å². The van der Waals surface area contributed by atoms with Gasteiger partial charge in [0, 0.05) is 0 Å². The first-order chi connectivity index (χ1) is 7.42. The Bertz CT molecular complexity index is 232. The van der Waals surface area contributed by atoms with E-state index in [1.807, 2.05) is 0 Å². The molecule has 94 valence electrons. The summed E-state index contributed by atoms with van der Waals surface area (Å²) in [6.07, 6.45) is 8.41. The van der Waals surface area contributed by atoms with Crippen molar-refractivity contribution >= 4 is 5.97 Å². The van der Waals surface area contributed by atoms with E-state index in [-0.39, 0.29) is 0 Å². The highest BCUT2D eigenvalue weighted by Crippen LogP contribution is 2.31. The Kier molecular flexibility index (Phi) is 4.78. The maximum absolute atomic E-state index is 10.9. The zero-order valence-electron chi connectivity index (χ0n) is 10.5. The predicted molar refractivity (Wildman–Crippen MR) is 65.2 cm³/mol. The summed E-state index contributed by atoms with van der Waals surface area (Å²) in [4.78, 5) is 10.9. The smallest absolute Gasteiger partial charge is 0.323 e. The molecule has 3 N–H and O–H groups in total. The molecule has 1 saturated carbocycles. The van der Waals surface area contributed by atoms with E-state index in [1.54, 1.807) is 6.92 Å². The van der Waals surface area contributed by atoms with Crippen molar-refractivity contribution < 1.29 is 9.90 Å². The van der Waals surface area contributed by atoms with Gasteiger partial charge < -0.3 is 10.8 Å². The average Bonchev–Trinajstić information content (AvgIpc) is 2.17. The third kappa shape index (κ3) is 4.12. The number of nitrogens with two attached hydrogens (primary N) is 1. The molecule has 0 aromatic rings. The van der Waals surface area contributed by atoms with Gasteiger partial charge in [-0.1, -0.05) is 39.0 Å². The second-order valence-electron chi connectivity index (χ2n) is 5.77. The molecule has 0 heterocycles. The van der Waals surface area contributed by atoms with Crippen LogP contribution in [0.15, 0.2) is 0 Å². The fourth-order valence-corrected chi connectivity index (χ4v) is 2.89. The van der Waals surface area contributed by atoms with Crippen molar-refractivity contribution in [2.24, 2.45) is 17.6 Å². The lowest BCUT2D eigenvalue weighted by Gasteiger charge is -2.28. The average molecular weight is 227 g/mol. The lowest BCUT2D eigenvalue weighted by molar-refractivity contribution is -0.143. The van der Waals surface area contributed by atoms with Crippen molar-refractivity contribution in [3.63, 3.8) is 0 Å². The van der Waals surface area contributed by atoms with E-state index in [4.69, 9.17) is 10.8 Å². The monoisotopic (exact) mass is 227 g/mol. The summed E-state index contributed by atoms with van der Waals surface area (Å²) in [7, 11) is 0. The second kappa shape index (κ2) is 5.67. The molecule has 1 aliphatic carbocycles. The van der Waals surface area contributed by atoms with E-state index in [0.717, 1.165) is 12.3 Å². The van der Waals surface area contributed by atoms with Crippen LogP contribution in [-0.4, -0.2) is 16.6 Å². The van der Waals surface area contributed by atoms with E-state index in [2.05, 4.69) is 6.92 Å². The van der Waals surface area contributed by atoms with Crippen LogP contribution >= 0.6 is 0 Å². The molecule has 3 nitrogen and oxygen atoms in total. The molecule has 2 atom stereocenters. The summed E-state index contributed by atoms with van der Waals surface area (Å²) in [5.41, 5.74) is 4.70. The maximum Gasteiger partial charge on any atom is 0.323 e. The van der Waals surface area contributed by atoms with Crippen molar-refractivity contribution in [2.45, 2.75) is 64.3 Å². The molecule has 1 rings (SSSR count). The van der Waals surface area contributed by atoms with E-state index in [9.17, 15) is 4.79 Å². The van der Waals surface area contributed by atoms with Crippen LogP contribution in [0.5, 0.6) is 0 Å². The summed E-state index contributed by atoms with van der Waals surface area (Å²) >= 11 is 0. The Labute approximate surface area is 98.4 Å². The first-order valence-corrected chi connectivity index (χ1v) is 6.44. The van der Waals surface area contributed by atoms with Crippen LogP contribution in [0.25, 0.3) is 0 Å². The van der Waals surface area contributed by atoms with Crippen LogP contribution in [0.3, 0.4) is 0 Å². The maximum atomic E-state index is 10.9. The van der Waals surface area contributed by atoms with Crippen LogP contribution in [-0.2, 0) is 4.79 Å². The molecule has 16 heavy (non-hydrogen) atoms. The van der Waals surface area contributed by atoms with E-state index >= 15 is 0 Å². The van der Waals surface area contributed by atoms with Crippen LogP contribution in [0.1, 0.15) is 58.8 Å². The van der Waals surface area contributed by atoms with Crippen molar-refractivity contribution in [2.75, 3.05) is 0 Å². The molecule has 1 aliphatic rings. The fraction of sp³-hybridized carbons (Fsp3) is 0.923. The van der Waals surface area contributed by atoms with Crippen molar-refractivity contribution in [3.05, 3.63) is 0 Å². The Morgan fingerprint density at radius 1 is 1.44 bits per heavy atom. The molecule has 3 heteroatoms. The summed E-state index contributed by atoms with van der Waals surface area (Å²) in [6.45, 7) is 3.75. The molecule has 0 aromatic carbocycles. The van der Waals surface area contributed by atoms with Gasteiger partial charge in [0.1, 0.15) is 5.54 Å². The van der Waals surface area contributed by atoms with Crippen molar-refractivity contribution in [3.8, 4) is 0 Å². The topological polar surface area (TPSA) is 63.3 Å². The van der Waals surface area contributed by atoms with Crippen molar-refractivity contribution in [1.29, 1.82) is 0 Å². The molecule has 1 fully saturated rings. The Hall–Kier alpha value is -0.570. The highest BCUT2D eigenvalue weighted by atomic mass is 16.4. The molecule has 0 spiro atoms. The highest BCUT2D eigenvalue weighted by molar-refractivity contribution is 5.77. The van der Waals surface area contributed by atoms with E-state index in [1.165, 1.54) is 32.1 Å². The molecular weight excluding hydrogens is 202 g/mol. The zero-order valence-corrected chi connectivity index (χ0v) is 10.5. The molecule has 0 saturated heterocycles. The summed E-state index contributed by atoms with van der Waals surface area (Å²) < 4.78 is 0. The van der Waals surface area contributed by atoms with Crippen LogP contribution in [0.4, 0.5) is 0 Å². The minimum atomic E-state index is -1.06. The highest BCUT2D eigenvalue weighted by Gasteiger charge is 2.30. The SMILES string of the molecule is C[C@H](CC1CCCCC1)C[C@@](C)(N)C(=O)O. The minimum absolute atomic E-state index is 0.411. The number of hydrogen-bond donors (Lipinski definition) is 2. The molecule has 0 amide bonds. The number of aliphatic carboxylic acids is 1. The number of carbonyl (C=O) groups is 1. The van der Waals surface area contributed by atoms with Gasteiger partial charge in [0.25, 0.3) is 0 Å². The standard InChI is InChI=1S/C13H25NO2/c1-10(9-13(2,14)12(15)16)8-11-6-4-3-5-7-11/h10-11H,3-9,14H2,1-2H3,(H,15,16)/t10-,13-/m1/s1. The third-order valence-corrected chi connectivity index (χ3v) is 3.72. The number of hydrogen-bond acceptors (Lipinski definition) is 2. The normalized spacial score (nSPS) is 23.7. The quantitative estimate of drug-likeness (QED) is 0.759. The minimum Gasteiger partial charge on any atom is -0.480 e. The van der Waals surface area contributed by atoms with Gasteiger partial charge in [-0.2, -0.15) is 0 Å². The van der Waals surface area contributed by atoms with Crippen LogP contribution in [0, 0.1) is 11.8 Å². The Morgan fingerprint density at radius 2 is 2.00 bits per heavy atom. The molecule has 0 bridgehead atoms. The van der Waals surface area contributed by atoms with E-state index in [0.29, 0.717) is 12.3 Å². The molecule has 0 aromatic heterocycles. The third-order valence-electron chi connectivity index (χ3n) is 3.72. The van der Waals surface area contributed by atoms with Gasteiger partial charge in [-0.05, 0) is 31.6 Å². The largest absolute Gasteiger partial charge is 0.480 e. The van der Waals surface area contributed by atoms with Gasteiger partial charge in [-0.15, -0.1) is 0 Å². The zero-order chi connectivity index (χ0) is 12.2. The van der Waals surface area contributed by atoms with Gasteiger partial charge in [-0.3, -0.25) is 4.79 Å². The summed E-state index contributed by atoms with van der Waals surface area (Å²) in [5.74, 6) is 0.325. The Morgan fingerprint density at radius 3 is 2.50 bits per heavy atom. The first-order valence-electron chi connectivity index (χ1n) is 6.44. The van der Waals surface area contributed by atoms with Gasteiger partial charge in [-0.25, -0.2) is 0 Å². The summed E-state index contributed by atoms with van der Waals surface area (Å²) in [6, 6.07) is 0. The lowest BCUT2D eigenvalue weighted by Crippen LogP contribution is -2.46. The first kappa shape index (κ1) is 13.5. The molecule has 0 aliphatic heterocycles. The molecule has 0 unspecified atom stereocenters. The number of rotatable bonds is 5. The van der Waals surface area contributed by atoms with Crippen molar-refractivity contribution in [1.82, 2.24) is 0 Å². The fourth-order valence-electron chi connectivity index (χ4n) is 2.89. The number of carboxylic acid groups (broad SMARTS) is 1. The van der Waals surface area contributed by atoms with Crippen LogP contribution in [0.2, 0.25) is 0 Å². The lowest BCUT2D eigenvalue weighted by atomic mass is 9.79. The van der Waals surface area contributed by atoms with E-state index < -0.39 is 11.5 Å². The molecule has 0 radical (unpaired) electrons. The number of carboxylic acids is 1. The Balaban J connectivity index is 2.34. The van der Waals surface area contributed by atoms with Gasteiger partial charge in [0.05, 0.1) is 0 Å². The predicted octanol–water partition coefficient (Wildman–Crippen LogP) is 2.79.